The number of anilines is 2. The maximum Gasteiger partial charge on any atom is 0.224 e. The van der Waals surface area contributed by atoms with Crippen molar-refractivity contribution < 1.29 is 4.79 Å². The molecule has 0 bridgehead atoms. The molecule has 1 atom stereocenters. The fourth-order valence-electron chi connectivity index (χ4n) is 2.45. The van der Waals surface area contributed by atoms with Crippen LogP contribution in [0.5, 0.6) is 0 Å². The molecule has 1 aliphatic rings. The zero-order valence-corrected chi connectivity index (χ0v) is 12.7. The van der Waals surface area contributed by atoms with Crippen LogP contribution in [0, 0.1) is 0 Å². The molecule has 0 aliphatic carbocycles. The standard InChI is InChI=1S/C16H14Cl2N2O/c17-11-8-14-15(9-12(11)18)20-16(21)7-6-13(19-14)10-4-2-1-3-5-10/h1-5,8-9,13,19H,6-7H2,(H,20,21). The Kier molecular flexibility index (Phi) is 4.04. The maximum absolute atomic E-state index is 12.0. The van der Waals surface area contributed by atoms with E-state index in [1.54, 1.807) is 12.1 Å². The number of halogens is 2. The lowest BCUT2D eigenvalue weighted by Crippen LogP contribution is -2.21. The second-order valence-electron chi connectivity index (χ2n) is 5.01. The van der Waals surface area contributed by atoms with Crippen molar-refractivity contribution in [3.8, 4) is 0 Å². The van der Waals surface area contributed by atoms with Gasteiger partial charge in [0.15, 0.2) is 0 Å². The molecule has 0 saturated carbocycles. The number of amides is 1. The first-order chi connectivity index (χ1) is 10.1. The molecule has 1 aliphatic heterocycles. The number of hydrogen-bond acceptors (Lipinski definition) is 2. The Hall–Kier alpha value is -1.71. The summed E-state index contributed by atoms with van der Waals surface area (Å²) in [4.78, 5) is 12.0. The summed E-state index contributed by atoms with van der Waals surface area (Å²) < 4.78 is 0. The first-order valence-corrected chi connectivity index (χ1v) is 7.49. The van der Waals surface area contributed by atoms with Gasteiger partial charge in [-0.25, -0.2) is 0 Å². The van der Waals surface area contributed by atoms with E-state index in [0.717, 1.165) is 17.7 Å². The van der Waals surface area contributed by atoms with Crippen LogP contribution < -0.4 is 10.6 Å². The minimum Gasteiger partial charge on any atom is -0.377 e. The third kappa shape index (κ3) is 3.14. The Morgan fingerprint density at radius 1 is 1.00 bits per heavy atom. The molecule has 108 valence electrons. The largest absolute Gasteiger partial charge is 0.377 e. The SMILES string of the molecule is O=C1CCC(c2ccccc2)Nc2cc(Cl)c(Cl)cc2N1. The molecule has 3 rings (SSSR count). The van der Waals surface area contributed by atoms with Gasteiger partial charge in [-0.15, -0.1) is 0 Å². The van der Waals surface area contributed by atoms with E-state index in [9.17, 15) is 4.79 Å². The monoisotopic (exact) mass is 320 g/mol. The van der Waals surface area contributed by atoms with Gasteiger partial charge in [0.05, 0.1) is 27.5 Å². The Labute approximate surface area is 133 Å². The third-order valence-electron chi connectivity index (χ3n) is 3.53. The number of fused-ring (bicyclic) bond motifs is 1. The van der Waals surface area contributed by atoms with E-state index >= 15 is 0 Å². The van der Waals surface area contributed by atoms with Crippen molar-refractivity contribution in [1.82, 2.24) is 0 Å². The smallest absolute Gasteiger partial charge is 0.224 e. The second kappa shape index (κ2) is 5.96. The Balaban J connectivity index is 2.00. The van der Waals surface area contributed by atoms with Gasteiger partial charge in [0.2, 0.25) is 5.91 Å². The van der Waals surface area contributed by atoms with Crippen LogP contribution in [0.25, 0.3) is 0 Å². The first kappa shape index (κ1) is 14.2. The average molecular weight is 321 g/mol. The van der Waals surface area contributed by atoms with Gasteiger partial charge in [-0.05, 0) is 24.1 Å². The van der Waals surface area contributed by atoms with Crippen molar-refractivity contribution in [3.63, 3.8) is 0 Å². The number of hydrogen-bond donors (Lipinski definition) is 2. The van der Waals surface area contributed by atoms with Crippen LogP contribution in [-0.2, 0) is 4.79 Å². The molecule has 2 N–H and O–H groups in total. The van der Waals surface area contributed by atoms with E-state index < -0.39 is 0 Å². The predicted octanol–water partition coefficient (Wildman–Crippen LogP) is 4.88. The molecule has 3 nitrogen and oxygen atoms in total. The molecule has 1 amide bonds. The van der Waals surface area contributed by atoms with E-state index in [1.165, 1.54) is 0 Å². The van der Waals surface area contributed by atoms with Crippen molar-refractivity contribution >= 4 is 40.5 Å². The molecular formula is C16H14Cl2N2O. The molecule has 21 heavy (non-hydrogen) atoms. The lowest BCUT2D eigenvalue weighted by atomic mass is 10.00. The van der Waals surface area contributed by atoms with Gasteiger partial charge >= 0.3 is 0 Å². The number of benzene rings is 2. The van der Waals surface area contributed by atoms with Crippen LogP contribution in [-0.4, -0.2) is 5.91 Å². The average Bonchev–Trinajstić information content (AvgIpc) is 2.47. The molecule has 0 radical (unpaired) electrons. The number of carbonyl (C=O) groups excluding carboxylic acids is 1. The molecule has 0 fully saturated rings. The van der Waals surface area contributed by atoms with Crippen LogP contribution in [0.1, 0.15) is 24.4 Å². The van der Waals surface area contributed by atoms with Gasteiger partial charge in [0.25, 0.3) is 0 Å². The van der Waals surface area contributed by atoms with E-state index in [2.05, 4.69) is 10.6 Å². The molecule has 0 saturated heterocycles. The van der Waals surface area contributed by atoms with Crippen molar-refractivity contribution in [2.75, 3.05) is 10.6 Å². The van der Waals surface area contributed by atoms with E-state index in [0.29, 0.717) is 22.2 Å². The summed E-state index contributed by atoms with van der Waals surface area (Å²) in [5, 5.41) is 7.19. The predicted molar refractivity (Wildman–Crippen MR) is 87.1 cm³/mol. The van der Waals surface area contributed by atoms with Gasteiger partial charge in [-0.3, -0.25) is 4.79 Å². The lowest BCUT2D eigenvalue weighted by Gasteiger charge is -2.25. The van der Waals surface area contributed by atoms with Crippen molar-refractivity contribution in [2.45, 2.75) is 18.9 Å². The van der Waals surface area contributed by atoms with Crippen molar-refractivity contribution in [2.24, 2.45) is 0 Å². The summed E-state index contributed by atoms with van der Waals surface area (Å²) in [6.07, 6.45) is 1.17. The molecule has 2 aromatic rings. The highest BCUT2D eigenvalue weighted by molar-refractivity contribution is 6.42. The van der Waals surface area contributed by atoms with E-state index in [-0.39, 0.29) is 11.9 Å². The van der Waals surface area contributed by atoms with Crippen molar-refractivity contribution in [1.29, 1.82) is 0 Å². The number of nitrogens with one attached hydrogen (secondary N) is 2. The van der Waals surface area contributed by atoms with Crippen LogP contribution >= 0.6 is 23.2 Å². The zero-order valence-electron chi connectivity index (χ0n) is 11.2. The highest BCUT2D eigenvalue weighted by Gasteiger charge is 2.20. The molecular weight excluding hydrogens is 307 g/mol. The zero-order chi connectivity index (χ0) is 14.8. The molecule has 0 spiro atoms. The fraction of sp³-hybridized carbons (Fsp3) is 0.188. The number of rotatable bonds is 1. The van der Waals surface area contributed by atoms with Crippen LogP contribution in [0.2, 0.25) is 10.0 Å². The van der Waals surface area contributed by atoms with Gasteiger partial charge < -0.3 is 10.6 Å². The quantitative estimate of drug-likeness (QED) is 0.786. The van der Waals surface area contributed by atoms with Crippen LogP contribution in [0.4, 0.5) is 11.4 Å². The minimum atomic E-state index is -0.0166. The Bertz CT molecular complexity index is 673. The van der Waals surface area contributed by atoms with Gasteiger partial charge in [0.1, 0.15) is 0 Å². The Morgan fingerprint density at radius 3 is 2.38 bits per heavy atom. The van der Waals surface area contributed by atoms with Gasteiger partial charge in [-0.1, -0.05) is 53.5 Å². The highest BCUT2D eigenvalue weighted by Crippen LogP contribution is 2.37. The van der Waals surface area contributed by atoms with Gasteiger partial charge in [0, 0.05) is 6.42 Å². The molecule has 1 unspecified atom stereocenters. The summed E-state index contributed by atoms with van der Waals surface area (Å²) >= 11 is 12.1. The summed E-state index contributed by atoms with van der Waals surface area (Å²) in [6, 6.07) is 13.6. The molecule has 5 heteroatoms. The third-order valence-corrected chi connectivity index (χ3v) is 4.25. The van der Waals surface area contributed by atoms with E-state index in [1.807, 2.05) is 30.3 Å². The first-order valence-electron chi connectivity index (χ1n) is 6.74. The summed E-state index contributed by atoms with van der Waals surface area (Å²) in [6.45, 7) is 0. The van der Waals surface area contributed by atoms with E-state index in [4.69, 9.17) is 23.2 Å². The van der Waals surface area contributed by atoms with Crippen LogP contribution in [0.3, 0.4) is 0 Å². The molecule has 0 aromatic heterocycles. The molecule has 2 aromatic carbocycles. The Morgan fingerprint density at radius 2 is 1.67 bits per heavy atom. The minimum absolute atomic E-state index is 0.0166. The summed E-state index contributed by atoms with van der Waals surface area (Å²) in [7, 11) is 0. The lowest BCUT2D eigenvalue weighted by molar-refractivity contribution is -0.116. The van der Waals surface area contributed by atoms with Gasteiger partial charge in [-0.2, -0.15) is 0 Å². The molecule has 1 heterocycles. The fourth-order valence-corrected chi connectivity index (χ4v) is 2.78. The van der Waals surface area contributed by atoms with Crippen LogP contribution in [0.15, 0.2) is 42.5 Å². The van der Waals surface area contributed by atoms with Crippen molar-refractivity contribution in [3.05, 3.63) is 58.1 Å². The summed E-state index contributed by atoms with van der Waals surface area (Å²) in [5.74, 6) is -0.0166. The topological polar surface area (TPSA) is 41.1 Å². The maximum atomic E-state index is 12.0. The number of carbonyl (C=O) groups is 1. The summed E-state index contributed by atoms with van der Waals surface area (Å²) in [5.41, 5.74) is 2.59. The second-order valence-corrected chi connectivity index (χ2v) is 5.82. The normalized spacial score (nSPS) is 18.0. The highest BCUT2D eigenvalue weighted by atomic mass is 35.5.